The van der Waals surface area contributed by atoms with Crippen molar-refractivity contribution >= 4 is 11.6 Å². The van der Waals surface area contributed by atoms with Gasteiger partial charge in [0.2, 0.25) is 5.91 Å². The number of aryl methyl sites for hydroxylation is 1. The predicted octanol–water partition coefficient (Wildman–Crippen LogP) is 2.98. The average Bonchev–Trinajstić information content (AvgIpc) is 2.47. The maximum Gasteiger partial charge on any atom is 0.232 e. The molecule has 1 N–H and O–H groups in total. The highest BCUT2D eigenvalue weighted by Gasteiger charge is 2.39. The molecule has 1 fully saturated rings. The second kappa shape index (κ2) is 5.96. The third kappa shape index (κ3) is 3.04. The smallest absolute Gasteiger partial charge is 0.232 e. The summed E-state index contributed by atoms with van der Waals surface area (Å²) < 4.78 is 0. The Bertz CT molecular complexity index is 458. The van der Waals surface area contributed by atoms with Crippen molar-refractivity contribution in [3.05, 3.63) is 29.8 Å². The summed E-state index contributed by atoms with van der Waals surface area (Å²) in [7, 11) is 1.88. The second-order valence-electron chi connectivity index (χ2n) is 6.46. The fourth-order valence-electron chi connectivity index (χ4n) is 2.96. The molecule has 2 rings (SSSR count). The number of benzene rings is 1. The highest BCUT2D eigenvalue weighted by atomic mass is 16.2. The van der Waals surface area contributed by atoms with Crippen molar-refractivity contribution in [3.8, 4) is 0 Å². The summed E-state index contributed by atoms with van der Waals surface area (Å²) in [6.07, 6.45) is 2.29. The van der Waals surface area contributed by atoms with E-state index >= 15 is 0 Å². The molecule has 1 aromatic rings. The summed E-state index contributed by atoms with van der Waals surface area (Å²) in [5, 5.41) is 3.41. The molecular weight excluding hydrogens is 248 g/mol. The summed E-state index contributed by atoms with van der Waals surface area (Å²) in [5.41, 5.74) is 1.86. The summed E-state index contributed by atoms with van der Waals surface area (Å²) in [5.74, 6) is 0.617. The minimum absolute atomic E-state index is 0.204. The van der Waals surface area contributed by atoms with Crippen LogP contribution in [0.4, 0.5) is 5.69 Å². The van der Waals surface area contributed by atoms with Gasteiger partial charge in [-0.15, -0.1) is 0 Å². The van der Waals surface area contributed by atoms with Gasteiger partial charge in [0.1, 0.15) is 0 Å². The van der Waals surface area contributed by atoms with Crippen LogP contribution in [0.2, 0.25) is 0 Å². The van der Waals surface area contributed by atoms with Crippen molar-refractivity contribution in [1.29, 1.82) is 0 Å². The Morgan fingerprint density at radius 3 is 2.50 bits per heavy atom. The van der Waals surface area contributed by atoms with E-state index < -0.39 is 0 Å². The van der Waals surface area contributed by atoms with Gasteiger partial charge in [0, 0.05) is 18.2 Å². The fourth-order valence-corrected chi connectivity index (χ4v) is 2.96. The lowest BCUT2D eigenvalue weighted by molar-refractivity contribution is -0.129. The van der Waals surface area contributed by atoms with Crippen LogP contribution in [0.25, 0.3) is 0 Å². The summed E-state index contributed by atoms with van der Waals surface area (Å²) >= 11 is 0. The minimum Gasteiger partial charge on any atom is -0.316 e. The molecule has 0 bridgehead atoms. The third-order valence-corrected chi connectivity index (χ3v) is 4.59. The van der Waals surface area contributed by atoms with Crippen LogP contribution >= 0.6 is 0 Å². The largest absolute Gasteiger partial charge is 0.316 e. The Balaban J connectivity index is 2.14. The molecule has 110 valence electrons. The number of carbonyl (C=O) groups excluding carboxylic acids is 1. The topological polar surface area (TPSA) is 32.3 Å². The molecule has 1 amide bonds. The van der Waals surface area contributed by atoms with Crippen LogP contribution in [0.3, 0.4) is 0 Å². The predicted molar refractivity (Wildman–Crippen MR) is 84.0 cm³/mol. The summed E-state index contributed by atoms with van der Waals surface area (Å²) in [6.45, 7) is 8.24. The van der Waals surface area contributed by atoms with Crippen LogP contribution < -0.4 is 10.2 Å². The zero-order valence-corrected chi connectivity index (χ0v) is 13.1. The minimum atomic E-state index is -0.326. The lowest BCUT2D eigenvalue weighted by Crippen LogP contribution is -2.48. The molecule has 1 unspecified atom stereocenters. The molecule has 20 heavy (non-hydrogen) atoms. The first-order valence-corrected chi connectivity index (χ1v) is 7.48. The molecule has 1 aromatic carbocycles. The van der Waals surface area contributed by atoms with Crippen LogP contribution in [0.1, 0.15) is 32.3 Å². The van der Waals surface area contributed by atoms with Crippen LogP contribution in [0.5, 0.6) is 0 Å². The highest BCUT2D eigenvalue weighted by molar-refractivity contribution is 5.96. The first-order chi connectivity index (χ1) is 9.43. The van der Waals surface area contributed by atoms with Crippen LogP contribution in [0, 0.1) is 18.3 Å². The average molecular weight is 274 g/mol. The van der Waals surface area contributed by atoms with E-state index in [1.165, 1.54) is 5.56 Å². The molecule has 0 aliphatic carbocycles. The third-order valence-electron chi connectivity index (χ3n) is 4.59. The van der Waals surface area contributed by atoms with E-state index in [1.807, 2.05) is 31.3 Å². The molecule has 1 atom stereocenters. The lowest BCUT2D eigenvalue weighted by Gasteiger charge is -2.38. The van der Waals surface area contributed by atoms with Gasteiger partial charge in [0.25, 0.3) is 0 Å². The van der Waals surface area contributed by atoms with Crippen molar-refractivity contribution in [3.63, 3.8) is 0 Å². The van der Waals surface area contributed by atoms with E-state index in [0.717, 1.165) is 31.6 Å². The van der Waals surface area contributed by atoms with Gasteiger partial charge < -0.3 is 10.2 Å². The number of piperidine rings is 1. The highest BCUT2D eigenvalue weighted by Crippen LogP contribution is 2.34. The first-order valence-electron chi connectivity index (χ1n) is 7.48. The number of nitrogens with zero attached hydrogens (tertiary/aromatic N) is 1. The zero-order valence-electron chi connectivity index (χ0n) is 13.1. The number of hydrogen-bond donors (Lipinski definition) is 1. The van der Waals surface area contributed by atoms with Gasteiger partial charge >= 0.3 is 0 Å². The molecule has 0 radical (unpaired) electrons. The van der Waals surface area contributed by atoms with Gasteiger partial charge in [-0.1, -0.05) is 31.5 Å². The molecule has 0 saturated carbocycles. The van der Waals surface area contributed by atoms with E-state index in [-0.39, 0.29) is 11.3 Å². The van der Waals surface area contributed by atoms with Gasteiger partial charge in [-0.3, -0.25) is 4.79 Å². The van der Waals surface area contributed by atoms with Crippen LogP contribution in [-0.4, -0.2) is 26.0 Å². The number of rotatable bonds is 3. The maximum atomic E-state index is 12.8. The van der Waals surface area contributed by atoms with E-state index in [9.17, 15) is 4.79 Å². The number of anilines is 1. The zero-order chi connectivity index (χ0) is 14.8. The SMILES string of the molecule is Cc1ccc(N(C)C(=O)C(C)(C)C2CCCNC2)cc1. The molecular formula is C17H26N2O. The van der Waals surface area contributed by atoms with Gasteiger partial charge in [-0.25, -0.2) is 0 Å². The molecule has 0 aromatic heterocycles. The normalized spacial score (nSPS) is 19.7. The standard InChI is InChI=1S/C17H26N2O/c1-13-7-9-15(10-8-13)19(4)16(20)17(2,3)14-6-5-11-18-12-14/h7-10,14,18H,5-6,11-12H2,1-4H3. The number of hydrogen-bond acceptors (Lipinski definition) is 2. The Hall–Kier alpha value is -1.35. The maximum absolute atomic E-state index is 12.8. The molecule has 1 aliphatic heterocycles. The van der Waals surface area contributed by atoms with Crippen LogP contribution in [-0.2, 0) is 4.79 Å². The Morgan fingerprint density at radius 1 is 1.30 bits per heavy atom. The monoisotopic (exact) mass is 274 g/mol. The van der Waals surface area contributed by atoms with Crippen molar-refractivity contribution in [1.82, 2.24) is 5.32 Å². The number of amides is 1. The second-order valence-corrected chi connectivity index (χ2v) is 6.46. The number of nitrogens with one attached hydrogen (secondary N) is 1. The van der Waals surface area contributed by atoms with Gasteiger partial charge in [-0.2, -0.15) is 0 Å². The van der Waals surface area contributed by atoms with E-state index in [0.29, 0.717) is 5.92 Å². The molecule has 1 heterocycles. The Kier molecular flexibility index (Phi) is 4.48. The fraction of sp³-hybridized carbons (Fsp3) is 0.588. The Morgan fingerprint density at radius 2 is 1.95 bits per heavy atom. The quantitative estimate of drug-likeness (QED) is 0.919. The molecule has 0 spiro atoms. The van der Waals surface area contributed by atoms with Crippen molar-refractivity contribution in [2.45, 2.75) is 33.6 Å². The van der Waals surface area contributed by atoms with Gasteiger partial charge in [0.15, 0.2) is 0 Å². The van der Waals surface area contributed by atoms with Gasteiger partial charge in [0.05, 0.1) is 0 Å². The van der Waals surface area contributed by atoms with E-state index in [2.05, 4.69) is 26.1 Å². The lowest BCUT2D eigenvalue weighted by atomic mass is 9.74. The van der Waals surface area contributed by atoms with Crippen molar-refractivity contribution in [2.75, 3.05) is 25.0 Å². The number of carbonyl (C=O) groups is 1. The summed E-state index contributed by atoms with van der Waals surface area (Å²) in [6, 6.07) is 8.13. The Labute approximate surface area is 122 Å². The summed E-state index contributed by atoms with van der Waals surface area (Å²) in [4.78, 5) is 14.6. The van der Waals surface area contributed by atoms with Crippen molar-refractivity contribution < 1.29 is 4.79 Å². The first kappa shape index (κ1) is 15.0. The molecule has 1 saturated heterocycles. The van der Waals surface area contributed by atoms with Crippen LogP contribution in [0.15, 0.2) is 24.3 Å². The molecule has 1 aliphatic rings. The van der Waals surface area contributed by atoms with E-state index in [1.54, 1.807) is 4.90 Å². The molecule has 3 nitrogen and oxygen atoms in total. The van der Waals surface area contributed by atoms with Gasteiger partial charge in [-0.05, 0) is 50.9 Å². The van der Waals surface area contributed by atoms with E-state index in [4.69, 9.17) is 0 Å². The molecule has 3 heteroatoms. The van der Waals surface area contributed by atoms with Crippen molar-refractivity contribution in [2.24, 2.45) is 11.3 Å².